The minimum Gasteiger partial charge on any atom is -0.496 e. The first-order valence-electron chi connectivity index (χ1n) is 7.08. The zero-order valence-corrected chi connectivity index (χ0v) is 17.0. The molecule has 0 unspecified atom stereocenters. The fourth-order valence-corrected chi connectivity index (χ4v) is 2.76. The first kappa shape index (κ1) is 20.1. The molecule has 0 aliphatic carbocycles. The number of halogens is 2. The SMILES string of the molecule is CCNC(=NCc1ccsc1)NCc1ccc(Cl)cc1OC.I. The van der Waals surface area contributed by atoms with Gasteiger partial charge in [-0.25, -0.2) is 4.99 Å². The molecule has 0 bridgehead atoms. The van der Waals surface area contributed by atoms with Gasteiger partial charge in [-0.2, -0.15) is 11.3 Å². The second-order valence-electron chi connectivity index (χ2n) is 4.64. The van der Waals surface area contributed by atoms with Crippen LogP contribution in [-0.4, -0.2) is 19.6 Å². The third-order valence-electron chi connectivity index (χ3n) is 3.04. The number of benzene rings is 1. The Morgan fingerprint density at radius 3 is 2.78 bits per heavy atom. The van der Waals surface area contributed by atoms with E-state index in [9.17, 15) is 0 Å². The zero-order chi connectivity index (χ0) is 15.8. The molecule has 0 aliphatic heterocycles. The molecule has 1 aromatic carbocycles. The van der Waals surface area contributed by atoms with Crippen molar-refractivity contribution in [1.29, 1.82) is 0 Å². The van der Waals surface area contributed by atoms with E-state index in [1.807, 2.05) is 25.1 Å². The zero-order valence-electron chi connectivity index (χ0n) is 13.1. The molecule has 1 aromatic heterocycles. The number of nitrogens with one attached hydrogen (secondary N) is 2. The number of hydrogen-bond acceptors (Lipinski definition) is 3. The smallest absolute Gasteiger partial charge is 0.191 e. The van der Waals surface area contributed by atoms with E-state index in [-0.39, 0.29) is 24.0 Å². The van der Waals surface area contributed by atoms with Crippen molar-refractivity contribution in [1.82, 2.24) is 10.6 Å². The average Bonchev–Trinajstić information content (AvgIpc) is 3.04. The van der Waals surface area contributed by atoms with Crippen LogP contribution in [0.1, 0.15) is 18.1 Å². The molecule has 0 fully saturated rings. The Bertz CT molecular complexity index is 620. The maximum atomic E-state index is 5.98. The molecule has 0 spiro atoms. The van der Waals surface area contributed by atoms with Gasteiger partial charge in [0.05, 0.1) is 13.7 Å². The van der Waals surface area contributed by atoms with Gasteiger partial charge >= 0.3 is 0 Å². The molecule has 0 radical (unpaired) electrons. The first-order valence-corrected chi connectivity index (χ1v) is 8.40. The lowest BCUT2D eigenvalue weighted by atomic mass is 10.2. The Balaban J connectivity index is 0.00000264. The van der Waals surface area contributed by atoms with Gasteiger partial charge in [0.1, 0.15) is 5.75 Å². The lowest BCUT2D eigenvalue weighted by Crippen LogP contribution is -2.36. The van der Waals surface area contributed by atoms with Crippen molar-refractivity contribution in [2.24, 2.45) is 4.99 Å². The first-order chi connectivity index (χ1) is 10.7. The van der Waals surface area contributed by atoms with Crippen molar-refractivity contribution in [3.63, 3.8) is 0 Å². The van der Waals surface area contributed by atoms with Crippen LogP contribution >= 0.6 is 46.9 Å². The number of rotatable bonds is 6. The number of ether oxygens (including phenoxy) is 1. The molecule has 1 heterocycles. The highest BCUT2D eigenvalue weighted by atomic mass is 127. The van der Waals surface area contributed by atoms with Crippen LogP contribution in [-0.2, 0) is 13.1 Å². The summed E-state index contributed by atoms with van der Waals surface area (Å²) >= 11 is 7.66. The van der Waals surface area contributed by atoms with E-state index in [0.717, 1.165) is 23.8 Å². The summed E-state index contributed by atoms with van der Waals surface area (Å²) in [5.41, 5.74) is 2.25. The predicted molar refractivity (Wildman–Crippen MR) is 109 cm³/mol. The number of guanidine groups is 1. The van der Waals surface area contributed by atoms with Gasteiger partial charge in [-0.3, -0.25) is 0 Å². The lowest BCUT2D eigenvalue weighted by Gasteiger charge is -2.13. The number of nitrogens with zero attached hydrogens (tertiary/aromatic N) is 1. The van der Waals surface area contributed by atoms with E-state index in [4.69, 9.17) is 16.3 Å². The standard InChI is InChI=1S/C16H20ClN3OS.HI/c1-3-18-16(19-9-12-6-7-22-11-12)20-10-13-4-5-14(17)8-15(13)21-2;/h4-8,11H,3,9-10H2,1-2H3,(H2,18,19,20);1H. The van der Waals surface area contributed by atoms with Crippen LogP contribution in [0.4, 0.5) is 0 Å². The van der Waals surface area contributed by atoms with Crippen molar-refractivity contribution >= 4 is 52.9 Å². The van der Waals surface area contributed by atoms with Gasteiger partial charge < -0.3 is 15.4 Å². The average molecular weight is 466 g/mol. The molecule has 2 rings (SSSR count). The molecule has 2 aromatic rings. The Morgan fingerprint density at radius 1 is 1.30 bits per heavy atom. The summed E-state index contributed by atoms with van der Waals surface area (Å²) in [5.74, 6) is 1.55. The fraction of sp³-hybridized carbons (Fsp3) is 0.312. The van der Waals surface area contributed by atoms with E-state index in [2.05, 4.69) is 32.5 Å². The van der Waals surface area contributed by atoms with Gasteiger partial charge in [0, 0.05) is 23.7 Å². The molecule has 0 saturated heterocycles. The third-order valence-corrected chi connectivity index (χ3v) is 4.01. The normalized spacial score (nSPS) is 10.8. The summed E-state index contributed by atoms with van der Waals surface area (Å²) < 4.78 is 5.35. The van der Waals surface area contributed by atoms with Gasteiger partial charge in [-0.05, 0) is 41.4 Å². The maximum absolute atomic E-state index is 5.98. The van der Waals surface area contributed by atoms with Crippen molar-refractivity contribution in [3.05, 3.63) is 51.2 Å². The Labute approximate surface area is 163 Å². The van der Waals surface area contributed by atoms with E-state index in [1.165, 1.54) is 5.56 Å². The number of methoxy groups -OCH3 is 1. The van der Waals surface area contributed by atoms with Crippen LogP contribution in [0, 0.1) is 0 Å². The lowest BCUT2D eigenvalue weighted by molar-refractivity contribution is 0.409. The number of thiophene rings is 1. The molecule has 0 amide bonds. The van der Waals surface area contributed by atoms with Crippen molar-refractivity contribution in [2.45, 2.75) is 20.0 Å². The largest absolute Gasteiger partial charge is 0.496 e. The van der Waals surface area contributed by atoms with Crippen molar-refractivity contribution in [3.8, 4) is 5.75 Å². The minimum atomic E-state index is 0. The van der Waals surface area contributed by atoms with Gasteiger partial charge in [0.2, 0.25) is 0 Å². The minimum absolute atomic E-state index is 0. The van der Waals surface area contributed by atoms with Crippen LogP contribution in [0.25, 0.3) is 0 Å². The molecule has 0 aliphatic rings. The van der Waals surface area contributed by atoms with E-state index in [1.54, 1.807) is 18.4 Å². The highest BCUT2D eigenvalue weighted by molar-refractivity contribution is 14.0. The Morgan fingerprint density at radius 2 is 2.13 bits per heavy atom. The second-order valence-corrected chi connectivity index (χ2v) is 5.85. The monoisotopic (exact) mass is 465 g/mol. The van der Waals surface area contributed by atoms with Crippen LogP contribution in [0.15, 0.2) is 40.0 Å². The van der Waals surface area contributed by atoms with Crippen LogP contribution in [0.3, 0.4) is 0 Å². The number of aliphatic imine (C=N–C) groups is 1. The molecule has 126 valence electrons. The summed E-state index contributed by atoms with van der Waals surface area (Å²) in [6, 6.07) is 7.71. The highest BCUT2D eigenvalue weighted by Crippen LogP contribution is 2.22. The Hall–Kier alpha value is -0.990. The van der Waals surface area contributed by atoms with Crippen molar-refractivity contribution < 1.29 is 4.74 Å². The summed E-state index contributed by atoms with van der Waals surface area (Å²) in [6.07, 6.45) is 0. The summed E-state index contributed by atoms with van der Waals surface area (Å²) in [5, 5.41) is 11.4. The molecule has 23 heavy (non-hydrogen) atoms. The topological polar surface area (TPSA) is 45.7 Å². The predicted octanol–water partition coefficient (Wildman–Crippen LogP) is 4.28. The molecular weight excluding hydrogens is 445 g/mol. The second kappa shape index (κ2) is 10.7. The molecule has 7 heteroatoms. The van der Waals surface area contributed by atoms with Crippen LogP contribution < -0.4 is 15.4 Å². The molecular formula is C16H21ClIN3OS. The van der Waals surface area contributed by atoms with Crippen LogP contribution in [0.5, 0.6) is 5.75 Å². The molecule has 0 atom stereocenters. The van der Waals surface area contributed by atoms with Crippen LogP contribution in [0.2, 0.25) is 5.02 Å². The van der Waals surface area contributed by atoms with E-state index >= 15 is 0 Å². The molecule has 0 saturated carbocycles. The fourth-order valence-electron chi connectivity index (χ4n) is 1.94. The van der Waals surface area contributed by atoms with Crippen molar-refractivity contribution in [2.75, 3.05) is 13.7 Å². The molecule has 4 nitrogen and oxygen atoms in total. The Kier molecular flexibility index (Phi) is 9.35. The third kappa shape index (κ3) is 6.56. The van der Waals surface area contributed by atoms with E-state index in [0.29, 0.717) is 18.1 Å². The highest BCUT2D eigenvalue weighted by Gasteiger charge is 2.05. The summed E-state index contributed by atoms with van der Waals surface area (Å²) in [6.45, 7) is 4.14. The van der Waals surface area contributed by atoms with Gasteiger partial charge in [-0.1, -0.05) is 17.7 Å². The number of hydrogen-bond donors (Lipinski definition) is 2. The molecule has 2 N–H and O–H groups in total. The van der Waals surface area contributed by atoms with Gasteiger partial charge in [0.15, 0.2) is 5.96 Å². The summed E-state index contributed by atoms with van der Waals surface area (Å²) in [7, 11) is 1.64. The quantitative estimate of drug-likeness (QED) is 0.380. The van der Waals surface area contributed by atoms with Gasteiger partial charge in [-0.15, -0.1) is 24.0 Å². The maximum Gasteiger partial charge on any atom is 0.191 e. The summed E-state index contributed by atoms with van der Waals surface area (Å²) in [4.78, 5) is 4.58. The van der Waals surface area contributed by atoms with Gasteiger partial charge in [0.25, 0.3) is 0 Å². The van der Waals surface area contributed by atoms with E-state index < -0.39 is 0 Å².